The molecule has 4 rings (SSSR count). The van der Waals surface area contributed by atoms with E-state index in [2.05, 4.69) is 5.32 Å². The van der Waals surface area contributed by atoms with Crippen molar-refractivity contribution in [2.45, 2.75) is 25.6 Å². The van der Waals surface area contributed by atoms with Gasteiger partial charge in [-0.05, 0) is 30.4 Å². The van der Waals surface area contributed by atoms with E-state index < -0.39 is 41.2 Å². The predicted octanol–water partition coefficient (Wildman–Crippen LogP) is 3.31. The molecule has 0 amide bonds. The summed E-state index contributed by atoms with van der Waals surface area (Å²) in [5, 5.41) is 15.1. The number of halogens is 2. The largest absolute Gasteiger partial charge is 0.486 e. The highest BCUT2D eigenvalue weighted by Gasteiger charge is 2.58. The van der Waals surface area contributed by atoms with E-state index >= 15 is 0 Å². The van der Waals surface area contributed by atoms with Crippen LogP contribution in [0.1, 0.15) is 25.5 Å². The van der Waals surface area contributed by atoms with Crippen molar-refractivity contribution < 1.29 is 32.9 Å². The van der Waals surface area contributed by atoms with E-state index in [0.717, 1.165) is 12.1 Å². The molecule has 0 bridgehead atoms. The van der Waals surface area contributed by atoms with Gasteiger partial charge < -0.3 is 24.6 Å². The number of carbonyl (C=O) groups excluding carboxylic acids is 1. The number of hydrogen-bond donors (Lipinski definition) is 2. The lowest BCUT2D eigenvalue weighted by Gasteiger charge is -2.53. The molecule has 176 valence electrons. The summed E-state index contributed by atoms with van der Waals surface area (Å²) in [6.45, 7) is 4.21. The van der Waals surface area contributed by atoms with Crippen molar-refractivity contribution in [3.05, 3.63) is 53.6 Å². The number of benzene rings is 2. The Morgan fingerprint density at radius 2 is 1.91 bits per heavy atom. The molecule has 7 nitrogen and oxygen atoms in total. The van der Waals surface area contributed by atoms with Crippen LogP contribution >= 0.6 is 12.2 Å². The first kappa shape index (κ1) is 23.2. The Labute approximate surface area is 195 Å². The summed E-state index contributed by atoms with van der Waals surface area (Å²) < 4.78 is 44.6. The molecule has 1 fully saturated rings. The fourth-order valence-electron chi connectivity index (χ4n) is 4.39. The van der Waals surface area contributed by atoms with Crippen LogP contribution in [0.4, 0.5) is 14.5 Å². The van der Waals surface area contributed by atoms with Crippen LogP contribution in [0.25, 0.3) is 0 Å². The summed E-state index contributed by atoms with van der Waals surface area (Å²) in [5.41, 5.74) is -1.50. The van der Waals surface area contributed by atoms with Gasteiger partial charge in [0.25, 0.3) is 0 Å². The summed E-state index contributed by atoms with van der Waals surface area (Å²) in [6, 6.07) is 6.94. The number of methoxy groups -OCH3 is 1. The lowest BCUT2D eigenvalue weighted by Crippen LogP contribution is -2.71. The van der Waals surface area contributed by atoms with Crippen LogP contribution in [0.3, 0.4) is 0 Å². The molecule has 0 aromatic heterocycles. The molecule has 2 heterocycles. The summed E-state index contributed by atoms with van der Waals surface area (Å²) in [6.07, 6.45) is 0. The zero-order chi connectivity index (χ0) is 23.9. The van der Waals surface area contributed by atoms with Crippen LogP contribution in [0.2, 0.25) is 0 Å². The van der Waals surface area contributed by atoms with Crippen LogP contribution in [-0.2, 0) is 9.53 Å². The Morgan fingerprint density at radius 1 is 1.21 bits per heavy atom. The number of esters is 1. The topological polar surface area (TPSA) is 80.3 Å². The Morgan fingerprint density at radius 3 is 2.55 bits per heavy atom. The van der Waals surface area contributed by atoms with Gasteiger partial charge in [0.1, 0.15) is 30.8 Å². The second-order valence-corrected chi connectivity index (χ2v) is 8.58. The van der Waals surface area contributed by atoms with Gasteiger partial charge in [-0.25, -0.2) is 8.78 Å². The van der Waals surface area contributed by atoms with Crippen molar-refractivity contribution in [1.82, 2.24) is 5.32 Å². The summed E-state index contributed by atoms with van der Waals surface area (Å²) in [7, 11) is 1.18. The quantitative estimate of drug-likeness (QED) is 0.512. The molecule has 2 aliphatic heterocycles. The minimum Gasteiger partial charge on any atom is -0.486 e. The SMILES string of the molecule is COC(=O)[C@@H]1[C@@H](c2ccc(F)cc2F)NC(=S)N(c2ccc3c(c2)OCCO3)[C@]1(O)C(C)C. The molecule has 2 aromatic rings. The third-order valence-corrected chi connectivity index (χ3v) is 6.32. The number of rotatable bonds is 4. The van der Waals surface area contributed by atoms with Crippen LogP contribution in [0.15, 0.2) is 36.4 Å². The number of nitrogens with one attached hydrogen (secondary N) is 1. The van der Waals surface area contributed by atoms with Crippen molar-refractivity contribution >= 4 is 29.0 Å². The van der Waals surface area contributed by atoms with E-state index in [-0.39, 0.29) is 10.7 Å². The zero-order valence-electron chi connectivity index (χ0n) is 18.3. The number of aliphatic hydroxyl groups is 1. The number of fused-ring (bicyclic) bond motifs is 1. The second kappa shape index (κ2) is 8.75. The minimum atomic E-state index is -1.93. The average molecular weight is 479 g/mol. The highest BCUT2D eigenvalue weighted by Crippen LogP contribution is 2.46. The smallest absolute Gasteiger partial charge is 0.316 e. The van der Waals surface area contributed by atoms with Crippen molar-refractivity contribution in [2.24, 2.45) is 11.8 Å². The number of hydrogen-bond acceptors (Lipinski definition) is 6. The van der Waals surface area contributed by atoms with E-state index in [0.29, 0.717) is 30.4 Å². The lowest BCUT2D eigenvalue weighted by molar-refractivity contribution is -0.163. The summed E-state index contributed by atoms with van der Waals surface area (Å²) >= 11 is 5.59. The molecule has 0 spiro atoms. The van der Waals surface area contributed by atoms with Crippen LogP contribution in [-0.4, -0.2) is 42.2 Å². The fraction of sp³-hybridized carbons (Fsp3) is 0.391. The molecule has 10 heteroatoms. The third-order valence-electron chi connectivity index (χ3n) is 6.02. The van der Waals surface area contributed by atoms with Gasteiger partial charge in [0, 0.05) is 23.6 Å². The van der Waals surface area contributed by atoms with E-state index in [1.807, 2.05) is 0 Å². The normalized spacial score (nSPS) is 24.5. The van der Waals surface area contributed by atoms with E-state index in [4.69, 9.17) is 26.4 Å². The Hall–Kier alpha value is -2.98. The zero-order valence-corrected chi connectivity index (χ0v) is 19.1. The standard InChI is InChI=1S/C23H24F2N2O5S/c1-12(2)23(29)19(21(28)30-3)20(15-6-4-13(24)10-16(15)25)26-22(33)27(23)14-5-7-17-18(11-14)32-9-8-31-17/h4-7,10-12,19-20,29H,8-9H2,1-3H3,(H,26,33)/t19-,20+,23-/m0/s1. The monoisotopic (exact) mass is 478 g/mol. The van der Waals surface area contributed by atoms with Crippen molar-refractivity contribution in [3.63, 3.8) is 0 Å². The van der Waals surface area contributed by atoms with E-state index in [1.165, 1.54) is 18.1 Å². The maximum atomic E-state index is 14.8. The molecule has 0 aliphatic carbocycles. The third kappa shape index (κ3) is 3.87. The van der Waals surface area contributed by atoms with Gasteiger partial charge in [-0.3, -0.25) is 9.69 Å². The average Bonchev–Trinajstić information content (AvgIpc) is 2.78. The first-order valence-electron chi connectivity index (χ1n) is 10.4. The summed E-state index contributed by atoms with van der Waals surface area (Å²) in [4.78, 5) is 14.4. The molecule has 2 N–H and O–H groups in total. The first-order valence-corrected chi connectivity index (χ1v) is 10.8. The molecule has 0 unspecified atom stereocenters. The fourth-order valence-corrected chi connectivity index (χ4v) is 4.77. The van der Waals surface area contributed by atoms with Crippen LogP contribution < -0.4 is 19.7 Å². The van der Waals surface area contributed by atoms with Gasteiger partial charge in [0.2, 0.25) is 0 Å². The van der Waals surface area contributed by atoms with Gasteiger partial charge in [-0.15, -0.1) is 0 Å². The lowest BCUT2D eigenvalue weighted by atomic mass is 9.75. The molecule has 2 aliphatic rings. The first-order chi connectivity index (χ1) is 15.7. The van der Waals surface area contributed by atoms with Gasteiger partial charge in [-0.1, -0.05) is 19.9 Å². The Bertz CT molecular complexity index is 1100. The molecular weight excluding hydrogens is 454 g/mol. The Kier molecular flexibility index (Phi) is 6.15. The number of carbonyl (C=O) groups is 1. The Balaban J connectivity index is 1.87. The number of thiocarbonyl (C=S) groups is 1. The van der Waals surface area contributed by atoms with Gasteiger partial charge >= 0.3 is 5.97 Å². The van der Waals surface area contributed by atoms with Crippen molar-refractivity contribution in [1.29, 1.82) is 0 Å². The molecule has 0 radical (unpaired) electrons. The van der Waals surface area contributed by atoms with Crippen LogP contribution in [0.5, 0.6) is 11.5 Å². The highest BCUT2D eigenvalue weighted by molar-refractivity contribution is 7.80. The maximum Gasteiger partial charge on any atom is 0.316 e. The second-order valence-electron chi connectivity index (χ2n) is 8.19. The predicted molar refractivity (Wildman–Crippen MR) is 120 cm³/mol. The van der Waals surface area contributed by atoms with Gasteiger partial charge in [0.05, 0.1) is 18.8 Å². The molecular formula is C23H24F2N2O5S. The molecule has 33 heavy (non-hydrogen) atoms. The van der Waals surface area contributed by atoms with Gasteiger partial charge in [-0.2, -0.15) is 0 Å². The molecule has 2 aromatic carbocycles. The molecule has 0 saturated carbocycles. The molecule has 1 saturated heterocycles. The van der Waals surface area contributed by atoms with Gasteiger partial charge in [0.15, 0.2) is 22.3 Å². The van der Waals surface area contributed by atoms with E-state index in [1.54, 1.807) is 32.0 Å². The highest BCUT2D eigenvalue weighted by atomic mass is 32.1. The number of nitrogens with zero attached hydrogens (tertiary/aromatic N) is 1. The van der Waals surface area contributed by atoms with E-state index in [9.17, 15) is 18.7 Å². The maximum absolute atomic E-state index is 14.8. The number of anilines is 1. The minimum absolute atomic E-state index is 0.0185. The van der Waals surface area contributed by atoms with Crippen LogP contribution in [0, 0.1) is 23.5 Å². The number of ether oxygens (including phenoxy) is 3. The van der Waals surface area contributed by atoms with Crippen molar-refractivity contribution in [3.8, 4) is 11.5 Å². The molecule has 3 atom stereocenters. The van der Waals surface area contributed by atoms with Crippen molar-refractivity contribution in [2.75, 3.05) is 25.2 Å². The summed E-state index contributed by atoms with van der Waals surface area (Å²) in [5.74, 6) is -3.29.